The first-order valence-electron chi connectivity index (χ1n) is 9.22. The first-order valence-corrected chi connectivity index (χ1v) is 10.3. The SMILES string of the molecule is Cl.ClCCN(CCCl)CCN1c2ccccc2Oc2ccc3ccccc3c21. The quantitative estimate of drug-likeness (QED) is 0.404. The zero-order chi connectivity index (χ0) is 18.6. The zero-order valence-corrected chi connectivity index (χ0v) is 17.8. The molecule has 0 spiro atoms. The standard InChI is InChI=1S/C22H22Cl2N2O.ClH/c23-11-13-25(14-12-24)15-16-26-19-7-3-4-8-20(19)27-21-10-9-17-5-1-2-6-18(17)22(21)26;/h1-10H,11-16H2;1H. The zero-order valence-electron chi connectivity index (χ0n) is 15.5. The van der Waals surface area contributed by atoms with Crippen LogP contribution in [-0.4, -0.2) is 42.8 Å². The largest absolute Gasteiger partial charge is 0.453 e. The summed E-state index contributed by atoms with van der Waals surface area (Å²) >= 11 is 12.0. The Bertz CT molecular complexity index is 929. The molecular weight excluding hydrogens is 415 g/mol. The van der Waals surface area contributed by atoms with Gasteiger partial charge >= 0.3 is 0 Å². The van der Waals surface area contributed by atoms with Crippen LogP contribution in [0.1, 0.15) is 0 Å². The van der Waals surface area contributed by atoms with Crippen molar-refractivity contribution in [3.05, 3.63) is 60.7 Å². The summed E-state index contributed by atoms with van der Waals surface area (Å²) in [5, 5.41) is 2.41. The summed E-state index contributed by atoms with van der Waals surface area (Å²) in [5.74, 6) is 3.00. The maximum Gasteiger partial charge on any atom is 0.151 e. The molecule has 0 aromatic heterocycles. The molecule has 6 heteroatoms. The Morgan fingerprint density at radius 3 is 2.29 bits per heavy atom. The molecule has 1 aliphatic heterocycles. The van der Waals surface area contributed by atoms with Crippen LogP contribution in [0.15, 0.2) is 60.7 Å². The monoisotopic (exact) mass is 436 g/mol. The average Bonchev–Trinajstić information content (AvgIpc) is 2.71. The second kappa shape index (κ2) is 9.71. The van der Waals surface area contributed by atoms with Gasteiger partial charge in [-0.2, -0.15) is 0 Å². The van der Waals surface area contributed by atoms with Crippen molar-refractivity contribution in [3.63, 3.8) is 0 Å². The molecule has 0 unspecified atom stereocenters. The molecular formula is C22H23Cl3N2O. The molecule has 0 bridgehead atoms. The van der Waals surface area contributed by atoms with Gasteiger partial charge in [0.1, 0.15) is 0 Å². The predicted octanol–water partition coefficient (Wildman–Crippen LogP) is 6.29. The fraction of sp³-hybridized carbons (Fsp3) is 0.273. The number of benzene rings is 3. The highest BCUT2D eigenvalue weighted by Gasteiger charge is 2.26. The lowest BCUT2D eigenvalue weighted by molar-refractivity contribution is 0.315. The fourth-order valence-corrected chi connectivity index (χ4v) is 4.13. The van der Waals surface area contributed by atoms with Crippen molar-refractivity contribution in [2.75, 3.05) is 42.8 Å². The lowest BCUT2D eigenvalue weighted by Crippen LogP contribution is -2.36. The maximum absolute atomic E-state index is 6.22. The lowest BCUT2D eigenvalue weighted by atomic mass is 10.0. The van der Waals surface area contributed by atoms with Gasteiger partial charge in [-0.3, -0.25) is 4.90 Å². The Balaban J connectivity index is 0.00000225. The fourth-order valence-electron chi connectivity index (χ4n) is 3.65. The molecule has 148 valence electrons. The molecule has 3 nitrogen and oxygen atoms in total. The van der Waals surface area contributed by atoms with Crippen LogP contribution in [0.2, 0.25) is 0 Å². The normalized spacial score (nSPS) is 12.3. The third kappa shape index (κ3) is 4.18. The molecule has 0 saturated carbocycles. The highest BCUT2D eigenvalue weighted by Crippen LogP contribution is 2.49. The summed E-state index contributed by atoms with van der Waals surface area (Å²) in [6, 6.07) is 20.8. The summed E-state index contributed by atoms with van der Waals surface area (Å²) in [7, 11) is 0. The second-order valence-corrected chi connectivity index (χ2v) is 7.33. The molecule has 0 saturated heterocycles. The van der Waals surface area contributed by atoms with Gasteiger partial charge in [0.15, 0.2) is 11.5 Å². The number of hydrogen-bond acceptors (Lipinski definition) is 3. The van der Waals surface area contributed by atoms with Crippen molar-refractivity contribution in [3.8, 4) is 11.5 Å². The van der Waals surface area contributed by atoms with Gasteiger partial charge in [0, 0.05) is 43.3 Å². The highest BCUT2D eigenvalue weighted by molar-refractivity contribution is 6.18. The molecule has 0 fully saturated rings. The highest BCUT2D eigenvalue weighted by atomic mass is 35.5. The van der Waals surface area contributed by atoms with Crippen LogP contribution in [0.4, 0.5) is 11.4 Å². The summed E-state index contributed by atoms with van der Waals surface area (Å²) in [6.45, 7) is 3.40. The van der Waals surface area contributed by atoms with Gasteiger partial charge in [0.2, 0.25) is 0 Å². The average molecular weight is 438 g/mol. The van der Waals surface area contributed by atoms with E-state index in [0.29, 0.717) is 11.8 Å². The Morgan fingerprint density at radius 2 is 1.50 bits per heavy atom. The van der Waals surface area contributed by atoms with Gasteiger partial charge in [-0.1, -0.05) is 42.5 Å². The lowest BCUT2D eigenvalue weighted by Gasteiger charge is -2.35. The summed E-state index contributed by atoms with van der Waals surface area (Å²) in [6.07, 6.45) is 0. The third-order valence-corrected chi connectivity index (χ3v) is 5.29. The van der Waals surface area contributed by atoms with E-state index < -0.39 is 0 Å². The number of ether oxygens (including phenoxy) is 1. The third-order valence-electron chi connectivity index (χ3n) is 4.95. The van der Waals surface area contributed by atoms with Crippen LogP contribution in [0, 0.1) is 0 Å². The van der Waals surface area contributed by atoms with Crippen LogP contribution in [-0.2, 0) is 0 Å². The molecule has 4 rings (SSSR count). The van der Waals surface area contributed by atoms with Crippen LogP contribution < -0.4 is 9.64 Å². The predicted molar refractivity (Wildman–Crippen MR) is 123 cm³/mol. The number of alkyl halides is 2. The number of hydrogen-bond donors (Lipinski definition) is 0. The Morgan fingerprint density at radius 1 is 0.786 bits per heavy atom. The van der Waals surface area contributed by atoms with E-state index in [0.717, 1.165) is 49.1 Å². The second-order valence-electron chi connectivity index (χ2n) is 6.57. The number of nitrogens with zero attached hydrogens (tertiary/aromatic N) is 2. The number of rotatable bonds is 7. The molecule has 3 aromatic rings. The van der Waals surface area contributed by atoms with Gasteiger partial charge in [0.25, 0.3) is 0 Å². The summed E-state index contributed by atoms with van der Waals surface area (Å²) < 4.78 is 6.22. The van der Waals surface area contributed by atoms with Crippen molar-refractivity contribution >= 4 is 57.8 Å². The first kappa shape index (κ1) is 21.1. The van der Waals surface area contributed by atoms with Gasteiger partial charge < -0.3 is 9.64 Å². The molecule has 28 heavy (non-hydrogen) atoms. The van der Waals surface area contributed by atoms with E-state index in [1.54, 1.807) is 0 Å². The van der Waals surface area contributed by atoms with E-state index in [9.17, 15) is 0 Å². The molecule has 0 amide bonds. The van der Waals surface area contributed by atoms with E-state index >= 15 is 0 Å². The van der Waals surface area contributed by atoms with E-state index in [4.69, 9.17) is 27.9 Å². The van der Waals surface area contributed by atoms with Gasteiger partial charge in [0.05, 0.1) is 11.4 Å². The number of halogens is 3. The van der Waals surface area contributed by atoms with Crippen molar-refractivity contribution in [2.45, 2.75) is 0 Å². The van der Waals surface area contributed by atoms with Crippen LogP contribution in [0.25, 0.3) is 10.8 Å². The first-order chi connectivity index (χ1) is 13.3. The smallest absolute Gasteiger partial charge is 0.151 e. The molecule has 0 aliphatic carbocycles. The molecule has 1 heterocycles. The minimum absolute atomic E-state index is 0. The number of fused-ring (bicyclic) bond motifs is 4. The van der Waals surface area contributed by atoms with E-state index in [1.165, 1.54) is 10.8 Å². The molecule has 0 atom stereocenters. The molecule has 0 N–H and O–H groups in total. The van der Waals surface area contributed by atoms with E-state index in [-0.39, 0.29) is 12.4 Å². The van der Waals surface area contributed by atoms with E-state index in [2.05, 4.69) is 58.3 Å². The van der Waals surface area contributed by atoms with Crippen LogP contribution in [0.5, 0.6) is 11.5 Å². The van der Waals surface area contributed by atoms with Gasteiger partial charge in [-0.25, -0.2) is 0 Å². The van der Waals surface area contributed by atoms with Gasteiger partial charge in [-0.15, -0.1) is 35.6 Å². The maximum atomic E-state index is 6.22. The van der Waals surface area contributed by atoms with Crippen molar-refractivity contribution in [1.29, 1.82) is 0 Å². The topological polar surface area (TPSA) is 15.7 Å². The minimum atomic E-state index is 0. The summed E-state index contributed by atoms with van der Waals surface area (Å²) in [5.41, 5.74) is 2.22. The van der Waals surface area contributed by atoms with Crippen LogP contribution >= 0.6 is 35.6 Å². The van der Waals surface area contributed by atoms with Crippen molar-refractivity contribution in [1.82, 2.24) is 4.90 Å². The Kier molecular flexibility index (Phi) is 7.30. The minimum Gasteiger partial charge on any atom is -0.453 e. The molecule has 3 aromatic carbocycles. The Labute approximate surface area is 182 Å². The van der Waals surface area contributed by atoms with Crippen molar-refractivity contribution in [2.24, 2.45) is 0 Å². The Hall–Kier alpha value is -1.65. The van der Waals surface area contributed by atoms with E-state index in [1.807, 2.05) is 12.1 Å². The molecule has 1 aliphatic rings. The number of para-hydroxylation sites is 2. The number of anilines is 2. The van der Waals surface area contributed by atoms with Crippen LogP contribution in [0.3, 0.4) is 0 Å². The summed E-state index contributed by atoms with van der Waals surface area (Å²) in [4.78, 5) is 4.68. The van der Waals surface area contributed by atoms with Gasteiger partial charge in [-0.05, 0) is 23.6 Å². The van der Waals surface area contributed by atoms with Crippen molar-refractivity contribution < 1.29 is 4.74 Å². The molecule has 0 radical (unpaired) electrons.